The van der Waals surface area contributed by atoms with E-state index in [9.17, 15) is 9.59 Å². The second kappa shape index (κ2) is 7.53. The number of hydrogen-bond donors (Lipinski definition) is 2. The van der Waals surface area contributed by atoms with Crippen LogP contribution in [0.25, 0.3) is 10.6 Å². The molecule has 1 atom stereocenters. The minimum absolute atomic E-state index is 0.121. The number of aromatic nitrogens is 2. The Bertz CT molecular complexity index is 707. The van der Waals surface area contributed by atoms with Crippen molar-refractivity contribution in [3.8, 4) is 10.6 Å². The molecule has 24 heavy (non-hydrogen) atoms. The first-order chi connectivity index (χ1) is 11.2. The maximum atomic E-state index is 12.2. The van der Waals surface area contributed by atoms with Gasteiger partial charge in [0.05, 0.1) is 0 Å². The van der Waals surface area contributed by atoms with E-state index in [1.807, 2.05) is 51.1 Å². The lowest BCUT2D eigenvalue weighted by Crippen LogP contribution is -2.42. The van der Waals surface area contributed by atoms with Crippen molar-refractivity contribution in [2.24, 2.45) is 5.41 Å². The molecule has 2 aromatic rings. The largest absolute Gasteiger partial charge is 0.345 e. The molecule has 1 heterocycles. The fourth-order valence-corrected chi connectivity index (χ4v) is 2.78. The maximum absolute atomic E-state index is 12.2. The first kappa shape index (κ1) is 18.1. The molecule has 2 rings (SSSR count). The second-order valence-corrected chi connectivity index (χ2v) is 7.77. The van der Waals surface area contributed by atoms with Gasteiger partial charge in [0.2, 0.25) is 16.9 Å². The normalized spacial score (nSPS) is 12.5. The number of rotatable bonds is 5. The highest BCUT2D eigenvalue weighted by Crippen LogP contribution is 2.26. The van der Waals surface area contributed by atoms with Gasteiger partial charge < -0.3 is 5.32 Å². The second-order valence-electron chi connectivity index (χ2n) is 6.79. The van der Waals surface area contributed by atoms with Crippen LogP contribution in [0.4, 0.5) is 5.13 Å². The first-order valence-electron chi connectivity index (χ1n) is 7.74. The highest BCUT2D eigenvalue weighted by Gasteiger charge is 2.21. The fraction of sp³-hybridized carbons (Fsp3) is 0.412. The fourth-order valence-electron chi connectivity index (χ4n) is 2.02. The summed E-state index contributed by atoms with van der Waals surface area (Å²) in [5.41, 5.74) is 0.825. The molecule has 0 bridgehead atoms. The molecular formula is C17H22N4O2S. The molecule has 0 fully saturated rings. The predicted octanol–water partition coefficient (Wildman–Crippen LogP) is 3.08. The van der Waals surface area contributed by atoms with Gasteiger partial charge in [0.15, 0.2) is 0 Å². The predicted molar refractivity (Wildman–Crippen MR) is 95.7 cm³/mol. The Morgan fingerprint density at radius 2 is 1.83 bits per heavy atom. The summed E-state index contributed by atoms with van der Waals surface area (Å²) < 4.78 is 0. The van der Waals surface area contributed by atoms with E-state index < -0.39 is 6.04 Å². The van der Waals surface area contributed by atoms with Gasteiger partial charge in [0, 0.05) is 12.0 Å². The van der Waals surface area contributed by atoms with Crippen LogP contribution in [-0.4, -0.2) is 28.1 Å². The number of nitrogens with zero attached hydrogens (tertiary/aromatic N) is 2. The molecule has 1 aromatic heterocycles. The van der Waals surface area contributed by atoms with Crippen molar-refractivity contribution in [2.75, 3.05) is 5.32 Å². The summed E-state index contributed by atoms with van der Waals surface area (Å²) in [5, 5.41) is 14.6. The summed E-state index contributed by atoms with van der Waals surface area (Å²) in [5.74, 6) is -0.458. The van der Waals surface area contributed by atoms with E-state index in [1.54, 1.807) is 6.92 Å². The SMILES string of the molecule is C[C@@H](NC(=O)CC(C)(C)C)C(=O)Nc1nnc(-c2ccccc2)s1. The van der Waals surface area contributed by atoms with Gasteiger partial charge in [0.1, 0.15) is 11.0 Å². The first-order valence-corrected chi connectivity index (χ1v) is 8.55. The Labute approximate surface area is 145 Å². The lowest BCUT2D eigenvalue weighted by atomic mass is 9.92. The third-order valence-electron chi connectivity index (χ3n) is 3.14. The molecule has 128 valence electrons. The van der Waals surface area contributed by atoms with E-state index in [0.29, 0.717) is 11.6 Å². The number of nitrogens with one attached hydrogen (secondary N) is 2. The Balaban J connectivity index is 1.92. The van der Waals surface area contributed by atoms with Crippen LogP contribution in [0.15, 0.2) is 30.3 Å². The Kier molecular flexibility index (Phi) is 5.66. The number of amides is 2. The van der Waals surface area contributed by atoms with Crippen LogP contribution in [-0.2, 0) is 9.59 Å². The van der Waals surface area contributed by atoms with Crippen LogP contribution in [0.1, 0.15) is 34.1 Å². The zero-order valence-electron chi connectivity index (χ0n) is 14.3. The Morgan fingerprint density at radius 1 is 1.17 bits per heavy atom. The van der Waals surface area contributed by atoms with Crippen LogP contribution >= 0.6 is 11.3 Å². The summed E-state index contributed by atoms with van der Waals surface area (Å²) in [7, 11) is 0. The zero-order valence-corrected chi connectivity index (χ0v) is 15.1. The van der Waals surface area contributed by atoms with Crippen molar-refractivity contribution in [1.29, 1.82) is 0 Å². The summed E-state index contributed by atoms with van der Waals surface area (Å²) in [6.45, 7) is 7.58. The molecule has 0 aliphatic rings. The van der Waals surface area contributed by atoms with Gasteiger partial charge in [-0.05, 0) is 12.3 Å². The molecule has 0 aliphatic carbocycles. The van der Waals surface area contributed by atoms with E-state index >= 15 is 0 Å². The number of benzene rings is 1. The number of hydrogen-bond acceptors (Lipinski definition) is 5. The van der Waals surface area contributed by atoms with E-state index in [0.717, 1.165) is 10.6 Å². The quantitative estimate of drug-likeness (QED) is 0.871. The Hall–Kier alpha value is -2.28. The topological polar surface area (TPSA) is 84.0 Å². The van der Waals surface area contributed by atoms with E-state index in [2.05, 4.69) is 20.8 Å². The minimum Gasteiger partial charge on any atom is -0.345 e. The highest BCUT2D eigenvalue weighted by atomic mass is 32.1. The molecule has 0 unspecified atom stereocenters. The van der Waals surface area contributed by atoms with Gasteiger partial charge in [-0.3, -0.25) is 14.9 Å². The summed E-state index contributed by atoms with van der Waals surface area (Å²) in [4.78, 5) is 24.1. The molecule has 2 amide bonds. The van der Waals surface area contributed by atoms with Crippen LogP contribution in [0, 0.1) is 5.41 Å². The third kappa shape index (κ3) is 5.42. The third-order valence-corrected chi connectivity index (χ3v) is 4.03. The molecule has 0 radical (unpaired) electrons. The number of anilines is 1. The average Bonchev–Trinajstić information content (AvgIpc) is 2.94. The molecule has 1 aromatic carbocycles. The van der Waals surface area contributed by atoms with E-state index in [-0.39, 0.29) is 17.2 Å². The van der Waals surface area contributed by atoms with Gasteiger partial charge >= 0.3 is 0 Å². The monoisotopic (exact) mass is 346 g/mol. The van der Waals surface area contributed by atoms with Crippen molar-refractivity contribution in [3.05, 3.63) is 30.3 Å². The smallest absolute Gasteiger partial charge is 0.248 e. The average molecular weight is 346 g/mol. The molecule has 6 nitrogen and oxygen atoms in total. The van der Waals surface area contributed by atoms with Crippen LogP contribution in [0.5, 0.6) is 0 Å². The van der Waals surface area contributed by atoms with Crippen molar-refractivity contribution >= 4 is 28.3 Å². The lowest BCUT2D eigenvalue weighted by Gasteiger charge is -2.19. The van der Waals surface area contributed by atoms with Crippen molar-refractivity contribution in [1.82, 2.24) is 15.5 Å². The van der Waals surface area contributed by atoms with Crippen LogP contribution in [0.3, 0.4) is 0 Å². The molecule has 2 N–H and O–H groups in total. The zero-order chi connectivity index (χ0) is 17.7. The standard InChI is InChI=1S/C17H22N4O2S/c1-11(18-13(22)10-17(2,3)4)14(23)19-16-21-20-15(24-16)12-8-6-5-7-9-12/h5-9,11H,10H2,1-4H3,(H,18,22)(H,19,21,23)/t11-/m1/s1. The van der Waals surface area contributed by atoms with Crippen LogP contribution in [0.2, 0.25) is 0 Å². The van der Waals surface area contributed by atoms with E-state index in [4.69, 9.17) is 0 Å². The van der Waals surface area contributed by atoms with Gasteiger partial charge in [-0.1, -0.05) is 62.4 Å². The Morgan fingerprint density at radius 3 is 2.46 bits per heavy atom. The summed E-state index contributed by atoms with van der Waals surface area (Å²) in [6, 6.07) is 8.99. The van der Waals surface area contributed by atoms with Gasteiger partial charge in [0.25, 0.3) is 0 Å². The van der Waals surface area contributed by atoms with Crippen LogP contribution < -0.4 is 10.6 Å². The number of carbonyl (C=O) groups is 2. The van der Waals surface area contributed by atoms with Crippen molar-refractivity contribution in [2.45, 2.75) is 40.2 Å². The molecule has 0 spiro atoms. The minimum atomic E-state index is -0.635. The van der Waals surface area contributed by atoms with Gasteiger partial charge in [-0.2, -0.15) is 0 Å². The highest BCUT2D eigenvalue weighted by molar-refractivity contribution is 7.18. The summed E-state index contributed by atoms with van der Waals surface area (Å²) >= 11 is 1.29. The molecule has 0 saturated carbocycles. The molecule has 0 saturated heterocycles. The van der Waals surface area contributed by atoms with E-state index in [1.165, 1.54) is 11.3 Å². The van der Waals surface area contributed by atoms with Crippen molar-refractivity contribution in [3.63, 3.8) is 0 Å². The van der Waals surface area contributed by atoms with Crippen molar-refractivity contribution < 1.29 is 9.59 Å². The molecule has 0 aliphatic heterocycles. The van der Waals surface area contributed by atoms with Gasteiger partial charge in [-0.25, -0.2) is 0 Å². The number of carbonyl (C=O) groups excluding carboxylic acids is 2. The molecular weight excluding hydrogens is 324 g/mol. The lowest BCUT2D eigenvalue weighted by molar-refractivity contribution is -0.127. The summed E-state index contributed by atoms with van der Waals surface area (Å²) in [6.07, 6.45) is 0.363. The maximum Gasteiger partial charge on any atom is 0.248 e. The molecule has 7 heteroatoms. The van der Waals surface area contributed by atoms with Gasteiger partial charge in [-0.15, -0.1) is 10.2 Å².